The fourth-order valence-corrected chi connectivity index (χ4v) is 3.07. The molecule has 0 unspecified atom stereocenters. The lowest BCUT2D eigenvalue weighted by molar-refractivity contribution is 0.629. The highest BCUT2D eigenvalue weighted by Gasteiger charge is 2.10. The molecule has 1 aromatic carbocycles. The van der Waals surface area contributed by atoms with Crippen LogP contribution in [-0.4, -0.2) is 24.3 Å². The first-order chi connectivity index (χ1) is 12.6. The predicted octanol–water partition coefficient (Wildman–Crippen LogP) is 4.12. The van der Waals surface area contributed by atoms with Crippen LogP contribution in [0.1, 0.15) is 12.6 Å². The lowest BCUT2D eigenvalue weighted by atomic mass is 10.1. The average molecular weight is 367 g/mol. The summed E-state index contributed by atoms with van der Waals surface area (Å²) in [6, 6.07) is 11.8. The van der Waals surface area contributed by atoms with Gasteiger partial charge in [0, 0.05) is 30.2 Å². The van der Waals surface area contributed by atoms with Crippen LogP contribution in [0.5, 0.6) is 0 Å². The molecule has 0 aliphatic carbocycles. The molecule has 3 heterocycles. The van der Waals surface area contributed by atoms with E-state index in [0.717, 1.165) is 45.4 Å². The number of fused-ring (bicyclic) bond motifs is 1. The van der Waals surface area contributed by atoms with Crippen molar-refractivity contribution in [1.29, 1.82) is 0 Å². The SMILES string of the molecule is CCn1nc(-c2ccc(Cl)cc2)cc1CNc1cc2c(cn1)ncn2C. The number of halogens is 1. The number of hydrogen-bond donors (Lipinski definition) is 1. The van der Waals surface area contributed by atoms with Crippen LogP contribution in [-0.2, 0) is 20.1 Å². The Morgan fingerprint density at radius 1 is 1.12 bits per heavy atom. The van der Waals surface area contributed by atoms with Crippen LogP contribution in [0, 0.1) is 0 Å². The summed E-state index contributed by atoms with van der Waals surface area (Å²) in [6.45, 7) is 3.53. The van der Waals surface area contributed by atoms with Crippen LogP contribution < -0.4 is 5.32 Å². The molecule has 0 saturated heterocycles. The van der Waals surface area contributed by atoms with Crippen LogP contribution in [0.3, 0.4) is 0 Å². The van der Waals surface area contributed by atoms with Crippen LogP contribution in [0.4, 0.5) is 5.82 Å². The number of benzene rings is 1. The number of hydrogen-bond acceptors (Lipinski definition) is 4. The van der Waals surface area contributed by atoms with Crippen molar-refractivity contribution in [3.63, 3.8) is 0 Å². The number of aryl methyl sites for hydroxylation is 2. The number of aromatic nitrogens is 5. The zero-order valence-corrected chi connectivity index (χ0v) is 15.4. The van der Waals surface area contributed by atoms with Gasteiger partial charge in [-0.05, 0) is 25.1 Å². The number of pyridine rings is 1. The maximum absolute atomic E-state index is 5.98. The van der Waals surface area contributed by atoms with Crippen molar-refractivity contribution in [2.75, 3.05) is 5.32 Å². The molecule has 0 saturated carbocycles. The van der Waals surface area contributed by atoms with Gasteiger partial charge in [-0.25, -0.2) is 9.97 Å². The molecule has 0 atom stereocenters. The molecule has 7 heteroatoms. The summed E-state index contributed by atoms with van der Waals surface area (Å²) in [7, 11) is 1.98. The normalized spacial score (nSPS) is 11.2. The third kappa shape index (κ3) is 3.15. The van der Waals surface area contributed by atoms with Crippen molar-refractivity contribution >= 4 is 28.5 Å². The van der Waals surface area contributed by atoms with Crippen molar-refractivity contribution in [2.24, 2.45) is 7.05 Å². The molecule has 0 aliphatic heterocycles. The highest BCUT2D eigenvalue weighted by Crippen LogP contribution is 2.22. The van der Waals surface area contributed by atoms with E-state index in [1.807, 2.05) is 46.6 Å². The Kier molecular flexibility index (Phi) is 4.34. The molecule has 1 N–H and O–H groups in total. The van der Waals surface area contributed by atoms with E-state index in [1.54, 1.807) is 12.5 Å². The lowest BCUT2D eigenvalue weighted by Crippen LogP contribution is -2.08. The van der Waals surface area contributed by atoms with Crippen molar-refractivity contribution in [1.82, 2.24) is 24.3 Å². The van der Waals surface area contributed by atoms with Gasteiger partial charge in [0.1, 0.15) is 11.3 Å². The Labute approximate surface area is 156 Å². The van der Waals surface area contributed by atoms with E-state index in [2.05, 4.69) is 28.3 Å². The second-order valence-corrected chi connectivity index (χ2v) is 6.55. The second-order valence-electron chi connectivity index (χ2n) is 6.11. The fourth-order valence-electron chi connectivity index (χ4n) is 2.94. The van der Waals surface area contributed by atoms with Crippen molar-refractivity contribution in [2.45, 2.75) is 20.0 Å². The highest BCUT2D eigenvalue weighted by molar-refractivity contribution is 6.30. The van der Waals surface area contributed by atoms with E-state index < -0.39 is 0 Å². The summed E-state index contributed by atoms with van der Waals surface area (Å²) in [5, 5.41) is 8.80. The maximum Gasteiger partial charge on any atom is 0.128 e. The highest BCUT2D eigenvalue weighted by atomic mass is 35.5. The number of nitrogens with zero attached hydrogens (tertiary/aromatic N) is 5. The predicted molar refractivity (Wildman–Crippen MR) is 104 cm³/mol. The average Bonchev–Trinajstić information content (AvgIpc) is 3.24. The van der Waals surface area contributed by atoms with Crippen molar-refractivity contribution in [3.8, 4) is 11.3 Å². The molecule has 0 radical (unpaired) electrons. The monoisotopic (exact) mass is 366 g/mol. The van der Waals surface area contributed by atoms with E-state index in [-0.39, 0.29) is 0 Å². The molecular weight excluding hydrogens is 348 g/mol. The topological polar surface area (TPSA) is 60.6 Å². The fraction of sp³-hybridized carbons (Fsp3) is 0.211. The molecule has 132 valence electrons. The summed E-state index contributed by atoms with van der Waals surface area (Å²) in [5.74, 6) is 0.818. The minimum Gasteiger partial charge on any atom is -0.364 e. The molecule has 0 amide bonds. The molecule has 0 spiro atoms. The molecule has 26 heavy (non-hydrogen) atoms. The van der Waals surface area contributed by atoms with Gasteiger partial charge in [0.15, 0.2) is 0 Å². The van der Waals surface area contributed by atoms with Gasteiger partial charge in [-0.15, -0.1) is 0 Å². The van der Waals surface area contributed by atoms with Gasteiger partial charge in [-0.1, -0.05) is 23.7 Å². The number of rotatable bonds is 5. The summed E-state index contributed by atoms with van der Waals surface area (Å²) < 4.78 is 3.98. The molecule has 6 nitrogen and oxygen atoms in total. The zero-order valence-electron chi connectivity index (χ0n) is 14.6. The molecule has 4 aromatic rings. The summed E-state index contributed by atoms with van der Waals surface area (Å²) in [4.78, 5) is 8.73. The van der Waals surface area contributed by atoms with Gasteiger partial charge in [-0.3, -0.25) is 4.68 Å². The number of imidazole rings is 1. The molecular formula is C19H19ClN6. The van der Waals surface area contributed by atoms with Crippen LogP contribution >= 0.6 is 11.6 Å². The van der Waals surface area contributed by atoms with Crippen LogP contribution in [0.25, 0.3) is 22.3 Å². The van der Waals surface area contributed by atoms with Crippen molar-refractivity contribution in [3.05, 3.63) is 59.6 Å². The molecule has 0 aliphatic rings. The van der Waals surface area contributed by atoms with Gasteiger partial charge in [0.2, 0.25) is 0 Å². The first-order valence-corrected chi connectivity index (χ1v) is 8.85. The molecule has 3 aromatic heterocycles. The van der Waals surface area contributed by atoms with E-state index in [1.165, 1.54) is 0 Å². The molecule has 4 rings (SSSR count). The summed E-state index contributed by atoms with van der Waals surface area (Å²) in [5.41, 5.74) is 5.03. The molecule has 0 bridgehead atoms. The van der Waals surface area contributed by atoms with Crippen molar-refractivity contribution < 1.29 is 0 Å². The Morgan fingerprint density at radius 2 is 1.92 bits per heavy atom. The quantitative estimate of drug-likeness (QED) is 0.577. The second kappa shape index (κ2) is 6.80. The van der Waals surface area contributed by atoms with Gasteiger partial charge in [-0.2, -0.15) is 5.10 Å². The van der Waals surface area contributed by atoms with Gasteiger partial charge in [0.05, 0.1) is 36.0 Å². The first kappa shape index (κ1) is 16.6. The lowest BCUT2D eigenvalue weighted by Gasteiger charge is -2.07. The third-order valence-electron chi connectivity index (χ3n) is 4.37. The Bertz CT molecular complexity index is 1050. The Balaban J connectivity index is 1.56. The standard InChI is InChI=1S/C19H19ClN6/c1-3-26-15(8-16(24-26)13-4-6-14(20)7-5-13)10-21-19-9-18-17(11-22-19)23-12-25(18)2/h4-9,11-12H,3,10H2,1-2H3,(H,21,22). The Hall–Kier alpha value is -2.86. The minimum absolute atomic E-state index is 0.644. The number of anilines is 1. The van der Waals surface area contributed by atoms with E-state index in [0.29, 0.717) is 6.54 Å². The first-order valence-electron chi connectivity index (χ1n) is 8.47. The largest absolute Gasteiger partial charge is 0.364 e. The smallest absolute Gasteiger partial charge is 0.128 e. The summed E-state index contributed by atoms with van der Waals surface area (Å²) >= 11 is 5.98. The van der Waals surface area contributed by atoms with Crippen LogP contribution in [0.15, 0.2) is 48.9 Å². The zero-order chi connectivity index (χ0) is 18.1. The summed E-state index contributed by atoms with van der Waals surface area (Å²) in [6.07, 6.45) is 3.58. The third-order valence-corrected chi connectivity index (χ3v) is 4.62. The van der Waals surface area contributed by atoms with Gasteiger partial charge < -0.3 is 9.88 Å². The minimum atomic E-state index is 0.644. The van der Waals surface area contributed by atoms with Crippen LogP contribution in [0.2, 0.25) is 5.02 Å². The van der Waals surface area contributed by atoms with E-state index in [9.17, 15) is 0 Å². The van der Waals surface area contributed by atoms with Gasteiger partial charge >= 0.3 is 0 Å². The number of nitrogens with one attached hydrogen (secondary N) is 1. The molecule has 0 fully saturated rings. The van der Waals surface area contributed by atoms with E-state index >= 15 is 0 Å². The Morgan fingerprint density at radius 3 is 2.69 bits per heavy atom. The maximum atomic E-state index is 5.98. The van der Waals surface area contributed by atoms with Gasteiger partial charge in [0.25, 0.3) is 0 Å². The van der Waals surface area contributed by atoms with E-state index in [4.69, 9.17) is 16.7 Å².